The second-order valence-corrected chi connectivity index (χ2v) is 5.30. The van der Waals surface area contributed by atoms with Crippen molar-refractivity contribution in [2.75, 3.05) is 5.32 Å². The van der Waals surface area contributed by atoms with Gasteiger partial charge < -0.3 is 5.32 Å². The molecular weight excluding hydrogens is 267 g/mol. The van der Waals surface area contributed by atoms with Crippen molar-refractivity contribution in [3.8, 4) is 0 Å². The minimum atomic E-state index is -0.384. The number of nitrogens with zero attached hydrogens (tertiary/aromatic N) is 1. The lowest BCUT2D eigenvalue weighted by Crippen LogP contribution is -2.26. The topological polar surface area (TPSA) is 41.5 Å². The number of nitrogens with one attached hydrogen (secondary N) is 1. The summed E-state index contributed by atoms with van der Waals surface area (Å²) in [5.41, 5.74) is 2.14. The molecule has 4 heteroatoms. The number of carbonyl (C=O) groups excluding carboxylic acids is 1. The maximum absolute atomic E-state index is 13.3. The van der Waals surface area contributed by atoms with Crippen LogP contribution in [0.4, 0.5) is 10.1 Å². The van der Waals surface area contributed by atoms with Crippen molar-refractivity contribution in [2.24, 2.45) is 4.99 Å². The first kappa shape index (κ1) is 17.3. The Labute approximate surface area is 126 Å². The molecule has 116 valence electrons. The lowest BCUT2D eigenvalue weighted by molar-refractivity contribution is -0.117. The van der Waals surface area contributed by atoms with Gasteiger partial charge in [-0.05, 0) is 62.6 Å². The van der Waals surface area contributed by atoms with Crippen molar-refractivity contribution in [3.63, 3.8) is 0 Å². The summed E-state index contributed by atoms with van der Waals surface area (Å²) >= 11 is 0. The van der Waals surface area contributed by atoms with Crippen LogP contribution in [0.25, 0.3) is 0 Å². The Morgan fingerprint density at radius 3 is 2.48 bits per heavy atom. The van der Waals surface area contributed by atoms with E-state index < -0.39 is 0 Å². The van der Waals surface area contributed by atoms with Crippen molar-refractivity contribution >= 4 is 17.8 Å². The summed E-state index contributed by atoms with van der Waals surface area (Å²) in [4.78, 5) is 16.6. The number of hydrogen-bond acceptors (Lipinski definition) is 2. The van der Waals surface area contributed by atoms with Crippen LogP contribution in [-0.4, -0.2) is 18.2 Å². The van der Waals surface area contributed by atoms with Crippen LogP contribution < -0.4 is 5.32 Å². The Hall–Kier alpha value is -1.71. The molecule has 1 aromatic rings. The summed E-state index contributed by atoms with van der Waals surface area (Å²) < 4.78 is 13.3. The highest BCUT2D eigenvalue weighted by atomic mass is 19.1. The molecule has 1 amide bonds. The van der Waals surface area contributed by atoms with Gasteiger partial charge in [-0.15, -0.1) is 0 Å². The third-order valence-corrected chi connectivity index (χ3v) is 3.41. The molecule has 0 aliphatic rings. The van der Waals surface area contributed by atoms with Crippen molar-refractivity contribution in [1.82, 2.24) is 0 Å². The zero-order valence-corrected chi connectivity index (χ0v) is 13.4. The van der Waals surface area contributed by atoms with E-state index in [1.54, 1.807) is 13.8 Å². The number of unbranched alkanes of at least 4 members (excludes halogenated alkanes) is 2. The fourth-order valence-electron chi connectivity index (χ4n) is 2.17. The van der Waals surface area contributed by atoms with Crippen molar-refractivity contribution in [3.05, 3.63) is 29.1 Å². The van der Waals surface area contributed by atoms with Crippen molar-refractivity contribution < 1.29 is 9.18 Å². The quantitative estimate of drug-likeness (QED) is 0.586. The van der Waals surface area contributed by atoms with Gasteiger partial charge >= 0.3 is 0 Å². The van der Waals surface area contributed by atoms with E-state index in [-0.39, 0.29) is 17.8 Å². The van der Waals surface area contributed by atoms with Crippen LogP contribution in [0.2, 0.25) is 0 Å². The zero-order chi connectivity index (χ0) is 15.8. The molecule has 0 aliphatic heterocycles. The number of aliphatic imine (C=N–C) groups is 1. The second kappa shape index (κ2) is 8.55. The van der Waals surface area contributed by atoms with Gasteiger partial charge in [-0.3, -0.25) is 9.79 Å². The lowest BCUT2D eigenvalue weighted by Gasteiger charge is -2.15. The summed E-state index contributed by atoms with van der Waals surface area (Å²) in [6.07, 6.45) is 5.57. The molecular formula is C17H25FN2O. The van der Waals surface area contributed by atoms with Crippen LogP contribution in [0.15, 0.2) is 17.1 Å². The molecule has 1 N–H and O–H groups in total. The maximum atomic E-state index is 13.3. The number of aryl methyl sites for hydroxylation is 2. The van der Waals surface area contributed by atoms with Gasteiger partial charge in [-0.2, -0.15) is 0 Å². The van der Waals surface area contributed by atoms with Crippen LogP contribution >= 0.6 is 0 Å². The summed E-state index contributed by atoms with van der Waals surface area (Å²) in [6, 6.07) is 2.47. The fourth-order valence-corrected chi connectivity index (χ4v) is 2.17. The molecule has 0 spiro atoms. The first-order chi connectivity index (χ1) is 9.99. The number of carbonyl (C=O) groups is 1. The minimum absolute atomic E-state index is 0.136. The third-order valence-electron chi connectivity index (χ3n) is 3.41. The molecule has 0 saturated carbocycles. The van der Waals surface area contributed by atoms with Gasteiger partial charge in [0, 0.05) is 5.69 Å². The third kappa shape index (κ3) is 5.29. The van der Waals surface area contributed by atoms with E-state index >= 15 is 0 Å². The molecule has 21 heavy (non-hydrogen) atoms. The average Bonchev–Trinajstić information content (AvgIpc) is 2.42. The molecule has 1 rings (SSSR count). The summed E-state index contributed by atoms with van der Waals surface area (Å²) in [5, 5.41) is 2.88. The first-order valence-corrected chi connectivity index (χ1v) is 7.58. The summed E-state index contributed by atoms with van der Waals surface area (Å²) in [6.45, 7) is 7.64. The van der Waals surface area contributed by atoms with Gasteiger partial charge in [0.15, 0.2) is 0 Å². The van der Waals surface area contributed by atoms with Gasteiger partial charge in [0.25, 0.3) is 0 Å². The molecule has 0 aliphatic carbocycles. The van der Waals surface area contributed by atoms with E-state index in [0.717, 1.165) is 30.4 Å². The Morgan fingerprint density at radius 2 is 1.95 bits per heavy atom. The van der Waals surface area contributed by atoms with E-state index in [9.17, 15) is 9.18 Å². The highest BCUT2D eigenvalue weighted by Crippen LogP contribution is 2.22. The zero-order valence-electron chi connectivity index (χ0n) is 13.4. The second-order valence-electron chi connectivity index (χ2n) is 5.30. The van der Waals surface area contributed by atoms with E-state index in [1.807, 2.05) is 13.1 Å². The number of hydrogen-bond donors (Lipinski definition) is 1. The highest BCUT2D eigenvalue weighted by Gasteiger charge is 2.16. The molecule has 0 saturated heterocycles. The molecule has 3 nitrogen and oxygen atoms in total. The summed E-state index contributed by atoms with van der Waals surface area (Å²) in [5.74, 6) is -0.421. The Bertz CT molecular complexity index is 489. The Morgan fingerprint density at radius 1 is 1.33 bits per heavy atom. The lowest BCUT2D eigenvalue weighted by atomic mass is 10.1. The van der Waals surface area contributed by atoms with Crippen LogP contribution in [-0.2, 0) is 4.79 Å². The van der Waals surface area contributed by atoms with Crippen LogP contribution in [0, 0.1) is 19.7 Å². The van der Waals surface area contributed by atoms with Gasteiger partial charge in [0.2, 0.25) is 5.91 Å². The number of anilines is 1. The molecule has 0 bridgehead atoms. The van der Waals surface area contributed by atoms with E-state index in [1.165, 1.54) is 12.1 Å². The number of halogens is 1. The Balaban J connectivity index is 2.77. The molecule has 1 atom stereocenters. The van der Waals surface area contributed by atoms with Crippen molar-refractivity contribution in [2.45, 2.75) is 59.4 Å². The normalized spacial score (nSPS) is 12.6. The van der Waals surface area contributed by atoms with Gasteiger partial charge in [-0.1, -0.05) is 20.3 Å². The molecule has 0 radical (unpaired) electrons. The maximum Gasteiger partial charge on any atom is 0.249 e. The molecule has 0 heterocycles. The van der Waals surface area contributed by atoms with Crippen LogP contribution in [0.1, 0.15) is 50.7 Å². The predicted octanol–water partition coefficient (Wildman–Crippen LogP) is 4.42. The molecule has 0 aromatic heterocycles. The Kier molecular flexibility index (Phi) is 7.06. The molecule has 1 unspecified atom stereocenters. The SMILES string of the molecule is CCCCC=NC(CC)C(=O)Nc1c(C)cc(F)cc1C. The van der Waals surface area contributed by atoms with E-state index in [2.05, 4.69) is 17.2 Å². The minimum Gasteiger partial charge on any atom is -0.324 e. The molecule has 1 aromatic carbocycles. The monoisotopic (exact) mass is 292 g/mol. The molecule has 0 fully saturated rings. The fraction of sp³-hybridized carbons (Fsp3) is 0.529. The van der Waals surface area contributed by atoms with Crippen LogP contribution in [0.5, 0.6) is 0 Å². The predicted molar refractivity (Wildman–Crippen MR) is 86.6 cm³/mol. The standard InChI is InChI=1S/C17H25FN2O/c1-5-7-8-9-19-15(6-2)17(21)20-16-12(3)10-14(18)11-13(16)4/h9-11,15H,5-8H2,1-4H3,(H,20,21). The van der Waals surface area contributed by atoms with Gasteiger partial charge in [-0.25, -0.2) is 4.39 Å². The average molecular weight is 292 g/mol. The largest absolute Gasteiger partial charge is 0.324 e. The summed E-state index contributed by atoms with van der Waals surface area (Å²) in [7, 11) is 0. The number of rotatable bonds is 7. The van der Waals surface area contributed by atoms with E-state index in [0.29, 0.717) is 12.1 Å². The van der Waals surface area contributed by atoms with Gasteiger partial charge in [0.05, 0.1) is 0 Å². The van der Waals surface area contributed by atoms with Gasteiger partial charge in [0.1, 0.15) is 11.9 Å². The van der Waals surface area contributed by atoms with Crippen LogP contribution in [0.3, 0.4) is 0 Å². The van der Waals surface area contributed by atoms with Crippen molar-refractivity contribution in [1.29, 1.82) is 0 Å². The first-order valence-electron chi connectivity index (χ1n) is 7.58. The highest BCUT2D eigenvalue weighted by molar-refractivity contribution is 5.96. The smallest absolute Gasteiger partial charge is 0.249 e. The van der Waals surface area contributed by atoms with E-state index in [4.69, 9.17) is 0 Å². The number of benzene rings is 1. The number of amides is 1.